The van der Waals surface area contributed by atoms with Crippen molar-refractivity contribution >= 4 is 136 Å². The Balaban J connectivity index is 0.000000144. The van der Waals surface area contributed by atoms with Crippen molar-refractivity contribution in [2.24, 2.45) is 0 Å². The molecule has 0 radical (unpaired) electrons. The molecule has 16 rings (SSSR count). The lowest BCUT2D eigenvalue weighted by Gasteiger charge is -1.98. The van der Waals surface area contributed by atoms with Gasteiger partial charge in [0.25, 0.3) is 0 Å². The summed E-state index contributed by atoms with van der Waals surface area (Å²) < 4.78 is 17.8. The predicted octanol–water partition coefficient (Wildman–Crippen LogP) is 15.5. The molecule has 0 spiro atoms. The highest BCUT2D eigenvalue weighted by Crippen LogP contribution is 2.25. The molecule has 12 aromatic heterocycles. The van der Waals surface area contributed by atoms with Crippen LogP contribution in [0.4, 0.5) is 0 Å². The van der Waals surface area contributed by atoms with Crippen LogP contribution in [0.3, 0.4) is 0 Å². The number of methoxy groups -OCH3 is 4. The van der Waals surface area contributed by atoms with Gasteiger partial charge in [0, 0.05) is 167 Å². The van der Waals surface area contributed by atoms with Gasteiger partial charge in [-0.25, -0.2) is 44.1 Å². The second kappa shape index (κ2) is 39.5. The summed E-state index contributed by atoms with van der Waals surface area (Å²) >= 11 is 5.74. The molecule has 25 nitrogen and oxygen atoms in total. The molecule has 29 heteroatoms. The second-order valence-corrected chi connectivity index (χ2v) is 26.3. The molecule has 0 aliphatic heterocycles. The van der Waals surface area contributed by atoms with E-state index in [0.29, 0.717) is 67.5 Å². The smallest absolute Gasteiger partial charge is 0.357 e. The third-order valence-electron chi connectivity index (χ3n) is 14.9. The van der Waals surface area contributed by atoms with Crippen molar-refractivity contribution in [3.8, 4) is 0 Å². The summed E-state index contributed by atoms with van der Waals surface area (Å²) in [7, 11) is 5.38. The van der Waals surface area contributed by atoms with E-state index in [0.717, 1.165) is 63.6 Å². The lowest BCUT2D eigenvalue weighted by Crippen LogP contribution is -2.03. The van der Waals surface area contributed by atoms with Crippen LogP contribution in [-0.2, 0) is 18.9 Å². The van der Waals surface area contributed by atoms with Crippen LogP contribution in [0.25, 0.3) is 43.6 Å². The topological polar surface area (TPSA) is 353 Å². The first-order valence-corrected chi connectivity index (χ1v) is 35.8. The standard InChI is InChI=1S/3C14H10N2O.C13H9N3O.4C6H7NO2S/c17-14(10-4-3-7-15-8-10)12-9-16-13-6-2-1-5-11(12)13;17-14(13-7-3-4-8-15-13)11-9-16-12-6-2-1-5-10(11)12;17-14(10-5-7-15-8-6-10)12-9-16-13-4-2-1-3-11(12)13;17-13(12-8-14-5-6-15-12)10-7-16-11-4-2-1-3-9(10)11;4*1-4-7-5(3-10-4)6(8)9-2/h3*1-9,16H;1-8,16H;4*3H,1-2H3. The van der Waals surface area contributed by atoms with E-state index >= 15 is 0 Å². The van der Waals surface area contributed by atoms with E-state index < -0.39 is 0 Å². The molecule has 16 aromatic rings. The molecule has 4 aromatic carbocycles. The van der Waals surface area contributed by atoms with E-state index in [1.54, 1.807) is 120 Å². The molecule has 12 heterocycles. The predicted molar refractivity (Wildman–Crippen MR) is 414 cm³/mol. The van der Waals surface area contributed by atoms with Crippen molar-refractivity contribution in [1.82, 2.24) is 64.8 Å². The zero-order valence-electron chi connectivity index (χ0n) is 59.1. The number of para-hydroxylation sites is 4. The third kappa shape index (κ3) is 21.4. The van der Waals surface area contributed by atoms with Gasteiger partial charge in [-0.05, 0) is 88.4 Å². The number of nitrogens with zero attached hydrogens (tertiary/aromatic N) is 9. The van der Waals surface area contributed by atoms with Gasteiger partial charge in [0.15, 0.2) is 34.3 Å². The number of hydrogen-bond acceptors (Lipinski definition) is 25. The average molecular weight is 1520 g/mol. The lowest BCUT2D eigenvalue weighted by molar-refractivity contribution is 0.0586. The zero-order chi connectivity index (χ0) is 76.9. The van der Waals surface area contributed by atoms with Crippen molar-refractivity contribution in [2.45, 2.75) is 27.7 Å². The Morgan fingerprint density at radius 3 is 0.944 bits per heavy atom. The number of esters is 4. The van der Waals surface area contributed by atoms with Gasteiger partial charge in [-0.15, -0.1) is 45.3 Å². The summed E-state index contributed by atoms with van der Waals surface area (Å²) in [4.78, 5) is 140. The first kappa shape index (κ1) is 78.8. The van der Waals surface area contributed by atoms with Gasteiger partial charge in [-0.2, -0.15) is 0 Å². The SMILES string of the molecule is COC(=O)c1csc(C)n1.COC(=O)c1csc(C)n1.COC(=O)c1csc(C)n1.COC(=O)c1csc(C)n1.O=C(c1ccccn1)c1c[nH]c2ccccc12.O=C(c1cccnc1)c1c[nH]c2ccccc12.O=C(c1ccncc1)c1c[nH]c2ccccc12.O=C(c1cnccn1)c1c[nH]c2ccccc12. The maximum Gasteiger partial charge on any atom is 0.357 e. The number of ketones is 4. The van der Waals surface area contributed by atoms with Crippen LogP contribution in [0.2, 0.25) is 0 Å². The van der Waals surface area contributed by atoms with Gasteiger partial charge in [-0.3, -0.25) is 39.1 Å². The number of nitrogens with one attached hydrogen (secondary N) is 4. The van der Waals surface area contributed by atoms with Crippen molar-refractivity contribution in [3.05, 3.63) is 323 Å². The maximum absolute atomic E-state index is 12.3. The van der Waals surface area contributed by atoms with E-state index in [-0.39, 0.29) is 47.0 Å². The monoisotopic (exact) mass is 1520 g/mol. The lowest BCUT2D eigenvalue weighted by atomic mass is 10.0. The van der Waals surface area contributed by atoms with E-state index in [4.69, 9.17) is 0 Å². The molecule has 108 heavy (non-hydrogen) atoms. The number of thiazole rings is 4. The van der Waals surface area contributed by atoms with Crippen molar-refractivity contribution in [3.63, 3.8) is 0 Å². The summed E-state index contributed by atoms with van der Waals surface area (Å²) in [5.41, 5.74) is 10.2. The molecule has 0 fully saturated rings. The third-order valence-corrected chi connectivity index (χ3v) is 18.0. The fourth-order valence-corrected chi connectivity index (χ4v) is 12.1. The highest BCUT2D eigenvalue weighted by Gasteiger charge is 2.19. The number of fused-ring (bicyclic) bond motifs is 4. The number of aryl methyl sites for hydroxylation is 4. The first-order chi connectivity index (χ1) is 52.4. The summed E-state index contributed by atoms with van der Waals surface area (Å²) in [5.74, 6) is -1.64. The van der Waals surface area contributed by atoms with Crippen LogP contribution in [0.5, 0.6) is 0 Å². The Kier molecular flexibility index (Phi) is 28.8. The minimum atomic E-state index is -0.371. The summed E-state index contributed by atoms with van der Waals surface area (Å²) in [6.45, 7) is 7.38. The number of carbonyl (C=O) groups is 8. The molecular weight excluding hydrogens is 1450 g/mol. The highest BCUT2D eigenvalue weighted by atomic mass is 32.1. The second-order valence-electron chi connectivity index (χ2n) is 22.1. The number of benzene rings is 4. The summed E-state index contributed by atoms with van der Waals surface area (Å²) in [6, 6.07) is 43.3. The molecule has 0 unspecified atom stereocenters. The normalized spacial score (nSPS) is 10.1. The highest BCUT2D eigenvalue weighted by molar-refractivity contribution is 7.10. The molecule has 0 aliphatic carbocycles. The van der Waals surface area contributed by atoms with Crippen LogP contribution >= 0.6 is 45.3 Å². The van der Waals surface area contributed by atoms with Gasteiger partial charge in [0.2, 0.25) is 11.6 Å². The van der Waals surface area contributed by atoms with Crippen molar-refractivity contribution < 1.29 is 57.3 Å². The summed E-state index contributed by atoms with van der Waals surface area (Å²) in [5, 5.41) is 14.0. The van der Waals surface area contributed by atoms with Crippen LogP contribution < -0.4 is 0 Å². The Morgan fingerprint density at radius 2 is 0.630 bits per heavy atom. The van der Waals surface area contributed by atoms with Gasteiger partial charge in [0.1, 0.15) is 11.4 Å². The van der Waals surface area contributed by atoms with Gasteiger partial charge in [-0.1, -0.05) is 78.9 Å². The van der Waals surface area contributed by atoms with E-state index in [9.17, 15) is 38.4 Å². The molecule has 0 saturated carbocycles. The van der Waals surface area contributed by atoms with Crippen molar-refractivity contribution in [1.29, 1.82) is 0 Å². The molecule has 0 aliphatic rings. The van der Waals surface area contributed by atoms with E-state index in [1.165, 1.54) is 86.2 Å². The van der Waals surface area contributed by atoms with Crippen LogP contribution in [0.15, 0.2) is 235 Å². The molecule has 544 valence electrons. The molecule has 4 N–H and O–H groups in total. The van der Waals surface area contributed by atoms with Crippen LogP contribution in [0.1, 0.15) is 126 Å². The molecule has 0 saturated heterocycles. The minimum Gasteiger partial charge on any atom is -0.464 e. The number of pyridine rings is 3. The van der Waals surface area contributed by atoms with E-state index in [1.807, 2.05) is 131 Å². The largest absolute Gasteiger partial charge is 0.464 e. The molecule has 0 bridgehead atoms. The molecular formula is C79H67N13O12S4. The van der Waals surface area contributed by atoms with Crippen molar-refractivity contribution in [2.75, 3.05) is 28.4 Å². The Bertz CT molecular complexity index is 4980. The number of hydrogen-bond donors (Lipinski definition) is 4. The fraction of sp³-hybridized carbons (Fsp3) is 0.101. The number of aromatic amines is 4. The average Bonchev–Trinajstić information content (AvgIpc) is 1.72. The fourth-order valence-electron chi connectivity index (χ4n) is 9.79. The number of carbonyl (C=O) groups excluding carboxylic acids is 8. The Morgan fingerprint density at radius 1 is 0.296 bits per heavy atom. The molecule has 0 amide bonds. The molecule has 0 atom stereocenters. The number of rotatable bonds is 12. The van der Waals surface area contributed by atoms with Crippen LogP contribution in [-0.4, -0.2) is 140 Å². The van der Waals surface area contributed by atoms with Crippen LogP contribution in [0, 0.1) is 27.7 Å². The van der Waals surface area contributed by atoms with Gasteiger partial charge in [0.05, 0.1) is 54.7 Å². The van der Waals surface area contributed by atoms with E-state index in [2.05, 4.69) is 83.7 Å². The summed E-state index contributed by atoms with van der Waals surface area (Å²) in [6.07, 6.45) is 19.6. The van der Waals surface area contributed by atoms with Gasteiger partial charge >= 0.3 is 23.9 Å². The first-order valence-electron chi connectivity index (χ1n) is 32.3. The number of aromatic nitrogens is 13. The number of ether oxygens (including phenoxy) is 4. The minimum absolute atomic E-state index is 0.00412. The quantitative estimate of drug-likeness (QED) is 0.0501. The maximum atomic E-state index is 12.3. The zero-order valence-corrected chi connectivity index (χ0v) is 62.3. The Hall–Kier alpha value is -13.4. The Labute approximate surface area is 633 Å². The van der Waals surface area contributed by atoms with Gasteiger partial charge < -0.3 is 38.9 Å². The number of H-pyrrole nitrogens is 4.